The molecule has 2 amide bonds. The first-order valence-corrected chi connectivity index (χ1v) is 13.2. The molecule has 180 valence electrons. The highest BCUT2D eigenvalue weighted by atomic mass is 79.9. The van der Waals surface area contributed by atoms with Crippen molar-refractivity contribution in [2.75, 3.05) is 30.3 Å². The fraction of sp³-hybridized carbons (Fsp3) is 0.391. The van der Waals surface area contributed by atoms with Gasteiger partial charge in [0.1, 0.15) is 18.3 Å². The minimum absolute atomic E-state index is 0.140. The molecule has 1 N–H and O–H groups in total. The van der Waals surface area contributed by atoms with Gasteiger partial charge in [0.05, 0.1) is 18.6 Å². The lowest BCUT2D eigenvalue weighted by Gasteiger charge is -2.31. The summed E-state index contributed by atoms with van der Waals surface area (Å²) in [5.74, 6) is -0.472. The maximum absolute atomic E-state index is 13.5. The summed E-state index contributed by atoms with van der Waals surface area (Å²) in [6, 6.07) is 13.2. The van der Waals surface area contributed by atoms with Crippen LogP contribution in [0, 0.1) is 0 Å². The second kappa shape index (κ2) is 12.0. The largest absolute Gasteiger partial charge is 0.492 e. The Morgan fingerprint density at radius 2 is 1.82 bits per heavy atom. The molecule has 0 aliphatic rings. The van der Waals surface area contributed by atoms with E-state index in [0.717, 1.165) is 20.6 Å². The van der Waals surface area contributed by atoms with Crippen molar-refractivity contribution in [3.63, 3.8) is 0 Å². The molecule has 0 aliphatic heterocycles. The molecule has 0 saturated carbocycles. The molecule has 0 radical (unpaired) electrons. The summed E-state index contributed by atoms with van der Waals surface area (Å²) < 4.78 is 32.8. The van der Waals surface area contributed by atoms with Crippen molar-refractivity contribution in [3.05, 3.63) is 58.6 Å². The number of ether oxygens (including phenoxy) is 1. The maximum Gasteiger partial charge on any atom is 0.244 e. The summed E-state index contributed by atoms with van der Waals surface area (Å²) in [7, 11) is -3.83. The molecule has 0 fully saturated rings. The van der Waals surface area contributed by atoms with Crippen LogP contribution >= 0.6 is 15.9 Å². The van der Waals surface area contributed by atoms with E-state index in [4.69, 9.17) is 4.74 Å². The van der Waals surface area contributed by atoms with Gasteiger partial charge < -0.3 is 15.0 Å². The van der Waals surface area contributed by atoms with Crippen LogP contribution in [0.3, 0.4) is 0 Å². The fourth-order valence-corrected chi connectivity index (χ4v) is 4.57. The number of hydrogen-bond acceptors (Lipinski definition) is 5. The number of sulfonamides is 1. The van der Waals surface area contributed by atoms with Crippen molar-refractivity contribution < 1.29 is 22.7 Å². The Kier molecular flexibility index (Phi) is 9.72. The van der Waals surface area contributed by atoms with Gasteiger partial charge in [0.2, 0.25) is 21.8 Å². The van der Waals surface area contributed by atoms with Gasteiger partial charge in [0.15, 0.2) is 0 Å². The molecule has 8 nitrogen and oxygen atoms in total. The van der Waals surface area contributed by atoms with Crippen molar-refractivity contribution in [2.24, 2.45) is 0 Å². The minimum atomic E-state index is -3.83. The number of nitrogens with zero attached hydrogens (tertiary/aromatic N) is 2. The quantitative estimate of drug-likeness (QED) is 0.473. The lowest BCUT2D eigenvalue weighted by atomic mass is 10.1. The zero-order valence-corrected chi connectivity index (χ0v) is 21.6. The smallest absolute Gasteiger partial charge is 0.244 e. The number of amides is 2. The fourth-order valence-electron chi connectivity index (χ4n) is 3.27. The van der Waals surface area contributed by atoms with Gasteiger partial charge in [0, 0.05) is 17.6 Å². The molecule has 0 bridgehead atoms. The number of likely N-dealkylation sites (N-methyl/N-ethyl adjacent to an activating group) is 1. The number of rotatable bonds is 11. The average molecular weight is 540 g/mol. The van der Waals surface area contributed by atoms with Gasteiger partial charge >= 0.3 is 0 Å². The third-order valence-corrected chi connectivity index (χ3v) is 6.49. The summed E-state index contributed by atoms with van der Waals surface area (Å²) in [5, 5.41) is 2.72. The van der Waals surface area contributed by atoms with Gasteiger partial charge in [-0.15, -0.1) is 0 Å². The Balaban J connectivity index is 2.43. The normalized spacial score (nSPS) is 12.0. The topological polar surface area (TPSA) is 96.0 Å². The molecular weight excluding hydrogens is 510 g/mol. The van der Waals surface area contributed by atoms with Crippen LogP contribution in [0.1, 0.15) is 26.3 Å². The van der Waals surface area contributed by atoms with Crippen LogP contribution in [0.15, 0.2) is 53.0 Å². The van der Waals surface area contributed by atoms with Crippen LogP contribution in [0.2, 0.25) is 0 Å². The van der Waals surface area contributed by atoms with E-state index in [2.05, 4.69) is 21.2 Å². The molecule has 33 heavy (non-hydrogen) atoms. The third-order valence-electron chi connectivity index (χ3n) is 4.87. The van der Waals surface area contributed by atoms with Crippen LogP contribution in [-0.2, 0) is 26.2 Å². The minimum Gasteiger partial charge on any atom is -0.492 e. The van der Waals surface area contributed by atoms with Gasteiger partial charge in [-0.25, -0.2) is 8.42 Å². The Hall–Kier alpha value is -2.59. The molecule has 10 heteroatoms. The molecule has 0 aromatic heterocycles. The number of hydrogen-bond donors (Lipinski definition) is 1. The van der Waals surface area contributed by atoms with Crippen molar-refractivity contribution in [2.45, 2.75) is 33.4 Å². The van der Waals surface area contributed by atoms with Crippen molar-refractivity contribution >= 4 is 43.5 Å². The van der Waals surface area contributed by atoms with Crippen molar-refractivity contribution in [1.29, 1.82) is 0 Å². The van der Waals surface area contributed by atoms with E-state index >= 15 is 0 Å². The lowest BCUT2D eigenvalue weighted by molar-refractivity contribution is -0.139. The highest BCUT2D eigenvalue weighted by Crippen LogP contribution is 2.30. The third kappa shape index (κ3) is 7.46. The lowest BCUT2D eigenvalue weighted by Crippen LogP contribution is -2.51. The van der Waals surface area contributed by atoms with Crippen molar-refractivity contribution in [3.8, 4) is 5.75 Å². The average Bonchev–Trinajstić information content (AvgIpc) is 2.75. The number of benzene rings is 2. The molecule has 1 atom stereocenters. The SMILES string of the molecule is CCNC(=O)C(C)N(Cc1cccc(Br)c1)C(=O)CN(c1ccccc1OCC)S(C)(=O)=O. The molecule has 2 rings (SSSR count). The monoisotopic (exact) mass is 539 g/mol. The number of halogens is 1. The van der Waals surface area contributed by atoms with E-state index in [-0.39, 0.29) is 18.1 Å². The van der Waals surface area contributed by atoms with Crippen molar-refractivity contribution in [1.82, 2.24) is 10.2 Å². The number of nitrogens with one attached hydrogen (secondary N) is 1. The molecule has 1 unspecified atom stereocenters. The predicted molar refractivity (Wildman–Crippen MR) is 133 cm³/mol. The van der Waals surface area contributed by atoms with Gasteiger partial charge in [-0.05, 0) is 50.6 Å². The molecule has 0 saturated heterocycles. The van der Waals surface area contributed by atoms with E-state index in [9.17, 15) is 18.0 Å². The van der Waals surface area contributed by atoms with Gasteiger partial charge in [0.25, 0.3) is 0 Å². The second-order valence-electron chi connectivity index (χ2n) is 7.39. The molecule has 0 aliphatic carbocycles. The summed E-state index contributed by atoms with van der Waals surface area (Å²) >= 11 is 3.42. The van der Waals surface area contributed by atoms with Gasteiger partial charge in [-0.2, -0.15) is 0 Å². The summed E-state index contributed by atoms with van der Waals surface area (Å²) in [6.45, 7) is 5.63. The van der Waals surface area contributed by atoms with Gasteiger partial charge in [-0.3, -0.25) is 13.9 Å². The number of anilines is 1. The van der Waals surface area contributed by atoms with Crippen LogP contribution in [0.25, 0.3) is 0 Å². The number of para-hydroxylation sites is 2. The Morgan fingerprint density at radius 3 is 2.42 bits per heavy atom. The molecular formula is C23H30BrN3O5S. The van der Waals surface area contributed by atoms with E-state index in [0.29, 0.717) is 18.9 Å². The standard InChI is InChI=1S/C23H30BrN3O5S/c1-5-25-23(29)17(3)26(15-18-10-9-11-19(24)14-18)22(28)16-27(33(4,30)31)20-12-7-8-13-21(20)32-6-2/h7-14,17H,5-6,15-16H2,1-4H3,(H,25,29). The number of carbonyl (C=O) groups is 2. The van der Waals surface area contributed by atoms with Crippen LogP contribution in [-0.4, -0.2) is 57.1 Å². The highest BCUT2D eigenvalue weighted by Gasteiger charge is 2.31. The Bertz CT molecular complexity index is 1080. The van der Waals surface area contributed by atoms with E-state index in [1.807, 2.05) is 24.3 Å². The molecule has 2 aromatic carbocycles. The first-order valence-electron chi connectivity index (χ1n) is 10.6. The Morgan fingerprint density at radius 1 is 1.12 bits per heavy atom. The molecule has 2 aromatic rings. The summed E-state index contributed by atoms with van der Waals surface area (Å²) in [6.07, 6.45) is 1.04. The van der Waals surface area contributed by atoms with Crippen LogP contribution < -0.4 is 14.4 Å². The molecule has 0 spiro atoms. The summed E-state index contributed by atoms with van der Waals surface area (Å²) in [4.78, 5) is 27.4. The predicted octanol–water partition coefficient (Wildman–Crippen LogP) is 3.17. The zero-order valence-electron chi connectivity index (χ0n) is 19.2. The summed E-state index contributed by atoms with van der Waals surface area (Å²) in [5.41, 5.74) is 1.07. The van der Waals surface area contributed by atoms with Crippen LogP contribution in [0.5, 0.6) is 5.75 Å². The zero-order chi connectivity index (χ0) is 24.6. The first-order chi connectivity index (χ1) is 15.6. The maximum atomic E-state index is 13.5. The second-order valence-corrected chi connectivity index (χ2v) is 10.2. The highest BCUT2D eigenvalue weighted by molar-refractivity contribution is 9.10. The first kappa shape index (κ1) is 26.7. The van der Waals surface area contributed by atoms with E-state index < -0.39 is 28.5 Å². The van der Waals surface area contributed by atoms with E-state index in [1.54, 1.807) is 45.0 Å². The Labute approximate surface area is 204 Å². The molecule has 0 heterocycles. The van der Waals surface area contributed by atoms with Gasteiger partial charge in [-0.1, -0.05) is 40.2 Å². The van der Waals surface area contributed by atoms with Crippen LogP contribution in [0.4, 0.5) is 5.69 Å². The van der Waals surface area contributed by atoms with E-state index in [1.165, 1.54) is 4.90 Å². The number of carbonyl (C=O) groups excluding carboxylic acids is 2.